The fraction of sp³-hybridized carbons (Fsp3) is 1.00. The molecule has 0 aromatic carbocycles. The first-order valence-corrected chi connectivity index (χ1v) is 6.71. The SMILES string of the molecule is CC1CCCC(N)(CN(CC(F)(F)F)C(C)C)C1. The van der Waals surface area contributed by atoms with E-state index in [1.54, 1.807) is 13.8 Å². The summed E-state index contributed by atoms with van der Waals surface area (Å²) in [4.78, 5) is 1.46. The van der Waals surface area contributed by atoms with E-state index in [2.05, 4.69) is 6.92 Å². The fourth-order valence-electron chi connectivity index (χ4n) is 2.90. The van der Waals surface area contributed by atoms with Crippen molar-refractivity contribution >= 4 is 0 Å². The van der Waals surface area contributed by atoms with Crippen LogP contribution in [0.25, 0.3) is 0 Å². The van der Waals surface area contributed by atoms with Crippen molar-refractivity contribution in [2.24, 2.45) is 11.7 Å². The third-order valence-electron chi connectivity index (χ3n) is 3.76. The van der Waals surface area contributed by atoms with Gasteiger partial charge in [-0.05, 0) is 32.6 Å². The van der Waals surface area contributed by atoms with Gasteiger partial charge < -0.3 is 5.73 Å². The second kappa shape index (κ2) is 5.78. The molecular formula is C13H25F3N2. The molecule has 1 saturated carbocycles. The minimum Gasteiger partial charge on any atom is -0.324 e. The molecule has 0 bridgehead atoms. The van der Waals surface area contributed by atoms with Crippen molar-refractivity contribution in [3.63, 3.8) is 0 Å². The first-order chi connectivity index (χ1) is 8.11. The second-order valence-electron chi connectivity index (χ2n) is 6.18. The zero-order chi connectivity index (χ0) is 14.0. The third-order valence-corrected chi connectivity index (χ3v) is 3.76. The Hall–Kier alpha value is -0.290. The number of hydrogen-bond donors (Lipinski definition) is 1. The molecule has 0 amide bonds. The van der Waals surface area contributed by atoms with E-state index < -0.39 is 18.3 Å². The third kappa shape index (κ3) is 5.14. The van der Waals surface area contributed by atoms with Gasteiger partial charge >= 0.3 is 6.18 Å². The average molecular weight is 266 g/mol. The molecule has 108 valence electrons. The highest BCUT2D eigenvalue weighted by molar-refractivity contribution is 4.93. The quantitative estimate of drug-likeness (QED) is 0.847. The molecule has 1 fully saturated rings. The Morgan fingerprint density at radius 1 is 1.39 bits per heavy atom. The highest BCUT2D eigenvalue weighted by atomic mass is 19.4. The Morgan fingerprint density at radius 2 is 2.00 bits per heavy atom. The molecule has 0 radical (unpaired) electrons. The van der Waals surface area contributed by atoms with Crippen LogP contribution in [-0.4, -0.2) is 35.7 Å². The molecule has 2 nitrogen and oxygen atoms in total. The molecule has 2 atom stereocenters. The number of nitrogens with zero attached hydrogens (tertiary/aromatic N) is 1. The lowest BCUT2D eigenvalue weighted by atomic mass is 9.76. The van der Waals surface area contributed by atoms with Crippen LogP contribution in [0.4, 0.5) is 13.2 Å². The van der Waals surface area contributed by atoms with Crippen molar-refractivity contribution in [1.82, 2.24) is 4.90 Å². The largest absolute Gasteiger partial charge is 0.401 e. The highest BCUT2D eigenvalue weighted by Gasteiger charge is 2.37. The summed E-state index contributed by atoms with van der Waals surface area (Å²) in [6.07, 6.45) is -0.330. The van der Waals surface area contributed by atoms with Gasteiger partial charge in [-0.15, -0.1) is 0 Å². The summed E-state index contributed by atoms with van der Waals surface area (Å²) < 4.78 is 37.6. The van der Waals surface area contributed by atoms with E-state index in [1.807, 2.05) is 0 Å². The molecule has 0 heterocycles. The van der Waals surface area contributed by atoms with Crippen LogP contribution < -0.4 is 5.73 Å². The first kappa shape index (κ1) is 15.8. The van der Waals surface area contributed by atoms with Crippen molar-refractivity contribution in [1.29, 1.82) is 0 Å². The normalized spacial score (nSPS) is 30.2. The molecule has 0 aromatic heterocycles. The molecule has 5 heteroatoms. The van der Waals surface area contributed by atoms with Crippen LogP contribution in [0.2, 0.25) is 0 Å². The number of rotatable bonds is 4. The molecule has 0 aromatic rings. The maximum absolute atomic E-state index is 12.5. The molecule has 18 heavy (non-hydrogen) atoms. The Balaban J connectivity index is 2.65. The summed E-state index contributed by atoms with van der Waals surface area (Å²) in [5.74, 6) is 0.517. The predicted molar refractivity (Wildman–Crippen MR) is 67.3 cm³/mol. The van der Waals surface area contributed by atoms with E-state index >= 15 is 0 Å². The zero-order valence-electron chi connectivity index (χ0n) is 11.6. The highest BCUT2D eigenvalue weighted by Crippen LogP contribution is 2.32. The number of halogens is 3. The lowest BCUT2D eigenvalue weighted by molar-refractivity contribution is -0.152. The van der Waals surface area contributed by atoms with Gasteiger partial charge in [0.05, 0.1) is 6.54 Å². The van der Waals surface area contributed by atoms with Gasteiger partial charge in [0.25, 0.3) is 0 Å². The summed E-state index contributed by atoms with van der Waals surface area (Å²) >= 11 is 0. The van der Waals surface area contributed by atoms with Gasteiger partial charge in [0.2, 0.25) is 0 Å². The monoisotopic (exact) mass is 266 g/mol. The number of alkyl halides is 3. The molecule has 1 rings (SSSR count). The second-order valence-corrected chi connectivity index (χ2v) is 6.18. The van der Waals surface area contributed by atoms with Crippen LogP contribution in [0.15, 0.2) is 0 Å². The van der Waals surface area contributed by atoms with Crippen molar-refractivity contribution in [2.45, 2.75) is 64.2 Å². The minimum atomic E-state index is -4.15. The first-order valence-electron chi connectivity index (χ1n) is 6.71. The fourth-order valence-corrected chi connectivity index (χ4v) is 2.90. The summed E-state index contributed by atoms with van der Waals surface area (Å²) in [6, 6.07) is -0.135. The van der Waals surface area contributed by atoms with E-state index in [9.17, 15) is 13.2 Å². The summed E-state index contributed by atoms with van der Waals surface area (Å²) in [7, 11) is 0. The molecule has 1 aliphatic carbocycles. The van der Waals surface area contributed by atoms with Crippen LogP contribution in [0.5, 0.6) is 0 Å². The predicted octanol–water partition coefficient (Wildman–Crippen LogP) is 3.17. The van der Waals surface area contributed by atoms with Gasteiger partial charge in [0, 0.05) is 18.1 Å². The smallest absolute Gasteiger partial charge is 0.324 e. The van der Waals surface area contributed by atoms with E-state index in [-0.39, 0.29) is 6.04 Å². The van der Waals surface area contributed by atoms with Crippen LogP contribution in [0.1, 0.15) is 46.5 Å². The molecule has 1 aliphatic rings. The Bertz CT molecular complexity index is 265. The number of nitrogens with two attached hydrogens (primary N) is 1. The van der Waals surface area contributed by atoms with Crippen LogP contribution in [0.3, 0.4) is 0 Å². The number of hydrogen-bond acceptors (Lipinski definition) is 2. The molecule has 2 unspecified atom stereocenters. The average Bonchev–Trinajstić information content (AvgIpc) is 2.13. The lowest BCUT2D eigenvalue weighted by Crippen LogP contribution is -2.55. The van der Waals surface area contributed by atoms with E-state index in [0.29, 0.717) is 12.5 Å². The van der Waals surface area contributed by atoms with Crippen molar-refractivity contribution < 1.29 is 13.2 Å². The van der Waals surface area contributed by atoms with Crippen LogP contribution in [-0.2, 0) is 0 Å². The van der Waals surface area contributed by atoms with E-state index in [1.165, 1.54) is 4.90 Å². The topological polar surface area (TPSA) is 29.3 Å². The molecule has 0 aliphatic heterocycles. The summed E-state index contributed by atoms with van der Waals surface area (Å²) in [5.41, 5.74) is 5.85. The Morgan fingerprint density at radius 3 is 2.44 bits per heavy atom. The lowest BCUT2D eigenvalue weighted by Gasteiger charge is -2.42. The molecular weight excluding hydrogens is 241 g/mol. The Kier molecular flexibility index (Phi) is 5.06. The maximum atomic E-state index is 12.5. The Labute approximate surface area is 108 Å². The summed E-state index contributed by atoms with van der Waals surface area (Å²) in [6.45, 7) is 5.19. The molecule has 2 N–H and O–H groups in total. The maximum Gasteiger partial charge on any atom is 0.401 e. The van der Waals surface area contributed by atoms with Crippen molar-refractivity contribution in [2.75, 3.05) is 13.1 Å². The molecule has 0 spiro atoms. The van der Waals surface area contributed by atoms with Gasteiger partial charge in [-0.1, -0.05) is 19.8 Å². The van der Waals surface area contributed by atoms with Gasteiger partial charge in [0.1, 0.15) is 0 Å². The summed E-state index contributed by atoms with van der Waals surface area (Å²) in [5, 5.41) is 0. The van der Waals surface area contributed by atoms with Gasteiger partial charge in [-0.3, -0.25) is 4.90 Å². The van der Waals surface area contributed by atoms with Gasteiger partial charge in [-0.2, -0.15) is 13.2 Å². The minimum absolute atomic E-state index is 0.135. The van der Waals surface area contributed by atoms with Crippen LogP contribution >= 0.6 is 0 Å². The van der Waals surface area contributed by atoms with E-state index in [0.717, 1.165) is 25.7 Å². The van der Waals surface area contributed by atoms with Crippen LogP contribution in [0, 0.1) is 5.92 Å². The standard InChI is InChI=1S/C13H25F3N2/c1-10(2)18(9-13(14,15)16)8-12(17)6-4-5-11(3)7-12/h10-11H,4-9,17H2,1-3H3. The van der Waals surface area contributed by atoms with E-state index in [4.69, 9.17) is 5.73 Å². The van der Waals surface area contributed by atoms with Gasteiger partial charge in [-0.25, -0.2) is 0 Å². The van der Waals surface area contributed by atoms with Crippen molar-refractivity contribution in [3.8, 4) is 0 Å². The zero-order valence-corrected chi connectivity index (χ0v) is 11.6. The van der Waals surface area contributed by atoms with Gasteiger partial charge in [0.15, 0.2) is 0 Å². The van der Waals surface area contributed by atoms with Crippen molar-refractivity contribution in [3.05, 3.63) is 0 Å². The molecule has 0 saturated heterocycles.